The monoisotopic (exact) mass is 611 g/mol. The quantitative estimate of drug-likeness (QED) is 0.227. The summed E-state index contributed by atoms with van der Waals surface area (Å²) in [7, 11) is -5.57. The molecule has 0 radical (unpaired) electrons. The fourth-order valence-electron chi connectivity index (χ4n) is 4.77. The minimum atomic E-state index is -5.57. The number of aromatic nitrogens is 1. The Morgan fingerprint density at radius 2 is 1.28 bits per heavy atom. The lowest BCUT2D eigenvalue weighted by Gasteiger charge is -2.35. The van der Waals surface area contributed by atoms with Gasteiger partial charge in [0.2, 0.25) is 0 Å². The lowest BCUT2D eigenvalue weighted by Crippen LogP contribution is -2.61. The van der Waals surface area contributed by atoms with Crippen molar-refractivity contribution in [1.29, 1.82) is 0 Å². The summed E-state index contributed by atoms with van der Waals surface area (Å²) in [5.74, 6) is -3.67. The second-order valence-corrected chi connectivity index (χ2v) is 12.0. The fraction of sp³-hybridized carbons (Fsp3) is 0.281. The van der Waals surface area contributed by atoms with Gasteiger partial charge in [-0.2, -0.15) is 8.78 Å². The number of halogens is 2. The largest absolute Gasteiger partial charge is 0.406 e. The van der Waals surface area contributed by atoms with Crippen LogP contribution in [0.25, 0.3) is 0 Å². The van der Waals surface area contributed by atoms with Crippen molar-refractivity contribution in [2.24, 2.45) is 0 Å². The van der Waals surface area contributed by atoms with Gasteiger partial charge in [0.05, 0.1) is 26.4 Å². The van der Waals surface area contributed by atoms with Crippen LogP contribution in [0.5, 0.6) is 0 Å². The molecule has 1 aromatic heterocycles. The van der Waals surface area contributed by atoms with E-state index in [0.29, 0.717) is 5.56 Å². The Kier molecular flexibility index (Phi) is 9.60. The summed E-state index contributed by atoms with van der Waals surface area (Å²) in [5.41, 5.74) is 2.14. The molecule has 5 rings (SSSR count). The highest BCUT2D eigenvalue weighted by Crippen LogP contribution is 2.48. The summed E-state index contributed by atoms with van der Waals surface area (Å²) >= 11 is 0. The smallest absolute Gasteiger partial charge is 0.374 e. The van der Waals surface area contributed by atoms with Crippen LogP contribution in [0.2, 0.25) is 0 Å². The number of hydrogen-bond acceptors (Lipinski definition) is 8. The number of aliphatic hydroxyl groups is 1. The minimum absolute atomic E-state index is 0.0517. The van der Waals surface area contributed by atoms with E-state index in [0.717, 1.165) is 23.4 Å². The van der Waals surface area contributed by atoms with Crippen molar-refractivity contribution in [3.8, 4) is 0 Å². The van der Waals surface area contributed by atoms with Crippen molar-refractivity contribution in [1.82, 2.24) is 4.98 Å². The van der Waals surface area contributed by atoms with Gasteiger partial charge in [-0.3, -0.25) is 0 Å². The molecule has 4 atom stereocenters. The molecule has 0 bridgehead atoms. The van der Waals surface area contributed by atoms with Crippen LogP contribution in [0.15, 0.2) is 120 Å². The fourth-order valence-corrected chi connectivity index (χ4v) is 6.04. The van der Waals surface area contributed by atoms with Gasteiger partial charge in [0.15, 0.2) is 5.03 Å². The molecule has 1 N–H and O–H groups in total. The maximum atomic E-state index is 16.3. The molecule has 1 aliphatic rings. The third-order valence-corrected chi connectivity index (χ3v) is 8.76. The SMILES string of the molecule is O=S(=O)(c1ccccn1)C(F)(F)[C@]1(O)O[C@H](COCc2ccccc2)[C@@H](OCc2ccccc2)[C@H]1OCc1ccccc1. The Morgan fingerprint density at radius 3 is 1.81 bits per heavy atom. The molecule has 226 valence electrons. The van der Waals surface area contributed by atoms with Crippen LogP contribution in [0.4, 0.5) is 8.78 Å². The topological polar surface area (TPSA) is 104 Å². The second kappa shape index (κ2) is 13.4. The number of sulfone groups is 1. The van der Waals surface area contributed by atoms with Crippen LogP contribution in [0.3, 0.4) is 0 Å². The molecule has 8 nitrogen and oxygen atoms in total. The molecule has 11 heteroatoms. The molecule has 4 aromatic rings. The Labute approximate surface area is 248 Å². The molecular formula is C32H31F2NO7S. The summed E-state index contributed by atoms with van der Waals surface area (Å²) in [5, 5.41) is 5.84. The number of hydrogen-bond donors (Lipinski definition) is 1. The van der Waals surface area contributed by atoms with E-state index in [1.165, 1.54) is 12.1 Å². The standard InChI is InChI=1S/C32H31F2NO7S/c33-32(34,43(37,38)28-18-10-11-19-35-28)31(36)30(41-22-26-16-8-3-9-17-26)29(40-21-25-14-6-2-7-15-25)27(42-31)23-39-20-24-12-4-1-5-13-24/h1-19,27,29-30,36H,20-23H2/t27-,29-,30-,31-/m1/s1. The third kappa shape index (κ3) is 6.67. The average Bonchev–Trinajstić information content (AvgIpc) is 3.32. The van der Waals surface area contributed by atoms with Gasteiger partial charge in [0.25, 0.3) is 15.6 Å². The van der Waals surface area contributed by atoms with E-state index < -0.39 is 44.2 Å². The first-order chi connectivity index (χ1) is 20.7. The number of rotatable bonds is 13. The molecule has 0 amide bonds. The molecule has 0 spiro atoms. The highest BCUT2D eigenvalue weighted by atomic mass is 32.2. The van der Waals surface area contributed by atoms with Crippen LogP contribution < -0.4 is 0 Å². The summed E-state index contributed by atoms with van der Waals surface area (Å²) < 4.78 is 82.5. The molecule has 43 heavy (non-hydrogen) atoms. The Balaban J connectivity index is 1.50. The summed E-state index contributed by atoms with van der Waals surface area (Å²) in [4.78, 5) is 3.60. The van der Waals surface area contributed by atoms with Crippen LogP contribution >= 0.6 is 0 Å². The normalized spacial score (nSPS) is 22.4. The Morgan fingerprint density at radius 1 is 0.767 bits per heavy atom. The van der Waals surface area contributed by atoms with Crippen molar-refractivity contribution in [2.45, 2.75) is 54.2 Å². The maximum Gasteiger partial charge on any atom is 0.406 e. The molecule has 1 aliphatic heterocycles. The summed E-state index contributed by atoms with van der Waals surface area (Å²) in [6, 6.07) is 30.3. The highest BCUT2D eigenvalue weighted by Gasteiger charge is 2.74. The van der Waals surface area contributed by atoms with Crippen molar-refractivity contribution in [2.75, 3.05) is 6.61 Å². The van der Waals surface area contributed by atoms with E-state index in [1.54, 1.807) is 54.6 Å². The lowest BCUT2D eigenvalue weighted by atomic mass is 10.0. The molecule has 1 saturated heterocycles. The van der Waals surface area contributed by atoms with E-state index in [1.807, 2.05) is 36.4 Å². The molecule has 1 fully saturated rings. The minimum Gasteiger partial charge on any atom is -0.374 e. The number of pyridine rings is 1. The summed E-state index contributed by atoms with van der Waals surface area (Å²) in [6.45, 7) is -0.478. The molecular weight excluding hydrogens is 580 g/mol. The van der Waals surface area contributed by atoms with Gasteiger partial charge in [0, 0.05) is 6.20 Å². The van der Waals surface area contributed by atoms with Crippen molar-refractivity contribution < 1.29 is 41.3 Å². The third-order valence-electron chi connectivity index (χ3n) is 7.00. The van der Waals surface area contributed by atoms with Crippen molar-refractivity contribution in [3.63, 3.8) is 0 Å². The summed E-state index contributed by atoms with van der Waals surface area (Å²) in [6.07, 6.45) is -3.56. The van der Waals surface area contributed by atoms with Gasteiger partial charge < -0.3 is 24.1 Å². The zero-order chi connectivity index (χ0) is 30.3. The van der Waals surface area contributed by atoms with Gasteiger partial charge in [-0.1, -0.05) is 97.1 Å². The van der Waals surface area contributed by atoms with Crippen molar-refractivity contribution >= 4 is 9.84 Å². The van der Waals surface area contributed by atoms with Crippen LogP contribution in [0.1, 0.15) is 16.7 Å². The van der Waals surface area contributed by atoms with Crippen LogP contribution in [-0.2, 0) is 48.6 Å². The van der Waals surface area contributed by atoms with E-state index in [4.69, 9.17) is 18.9 Å². The predicted molar refractivity (Wildman–Crippen MR) is 152 cm³/mol. The zero-order valence-corrected chi connectivity index (χ0v) is 23.9. The first kappa shape index (κ1) is 30.9. The molecule has 3 aromatic carbocycles. The highest BCUT2D eigenvalue weighted by molar-refractivity contribution is 7.92. The first-order valence-electron chi connectivity index (χ1n) is 13.6. The second-order valence-electron chi connectivity index (χ2n) is 10.0. The van der Waals surface area contributed by atoms with Gasteiger partial charge in [-0.05, 0) is 28.8 Å². The lowest BCUT2D eigenvalue weighted by molar-refractivity contribution is -0.313. The van der Waals surface area contributed by atoms with Gasteiger partial charge >= 0.3 is 5.25 Å². The molecule has 0 unspecified atom stereocenters. The predicted octanol–water partition coefficient (Wildman–Crippen LogP) is 4.92. The van der Waals surface area contributed by atoms with Gasteiger partial charge in [-0.15, -0.1) is 0 Å². The molecule has 2 heterocycles. The maximum absolute atomic E-state index is 16.3. The number of nitrogens with zero attached hydrogens (tertiary/aromatic N) is 1. The van der Waals surface area contributed by atoms with Gasteiger partial charge in [-0.25, -0.2) is 13.4 Å². The first-order valence-corrected chi connectivity index (χ1v) is 15.1. The van der Waals surface area contributed by atoms with E-state index in [-0.39, 0.29) is 26.4 Å². The van der Waals surface area contributed by atoms with E-state index >= 15 is 8.78 Å². The molecule has 0 saturated carbocycles. The Bertz CT molecular complexity index is 1550. The van der Waals surface area contributed by atoms with Crippen LogP contribution in [0, 0.1) is 0 Å². The number of alkyl halides is 2. The van der Waals surface area contributed by atoms with E-state index in [2.05, 4.69) is 4.98 Å². The number of ether oxygens (including phenoxy) is 4. The number of benzene rings is 3. The van der Waals surface area contributed by atoms with Gasteiger partial charge in [0.1, 0.15) is 18.3 Å². The van der Waals surface area contributed by atoms with Crippen molar-refractivity contribution in [3.05, 3.63) is 132 Å². The van der Waals surface area contributed by atoms with Crippen LogP contribution in [-0.4, -0.2) is 54.5 Å². The molecule has 0 aliphatic carbocycles. The average molecular weight is 612 g/mol. The Hall–Kier alpha value is -3.58. The zero-order valence-electron chi connectivity index (χ0n) is 23.0. The van der Waals surface area contributed by atoms with E-state index in [9.17, 15) is 13.5 Å².